The molecule has 0 atom stereocenters. The molecule has 0 saturated carbocycles. The summed E-state index contributed by atoms with van der Waals surface area (Å²) in [4.78, 5) is 28.7. The van der Waals surface area contributed by atoms with E-state index in [4.69, 9.17) is 11.6 Å². The number of aromatic nitrogens is 3. The molecule has 204 valence electrons. The molecule has 0 radical (unpaired) electrons. The van der Waals surface area contributed by atoms with Crippen molar-refractivity contribution in [3.05, 3.63) is 58.9 Å². The van der Waals surface area contributed by atoms with Crippen molar-refractivity contribution in [3.63, 3.8) is 0 Å². The smallest absolute Gasteiger partial charge is 0.253 e. The molecule has 0 saturated heterocycles. The van der Waals surface area contributed by atoms with Crippen LogP contribution in [0.2, 0.25) is 5.02 Å². The Morgan fingerprint density at radius 1 is 1.00 bits per heavy atom. The normalized spacial score (nSPS) is 11.0. The summed E-state index contributed by atoms with van der Waals surface area (Å²) in [6.45, 7) is 8.60. The summed E-state index contributed by atoms with van der Waals surface area (Å²) in [6.07, 6.45) is 7.88. The van der Waals surface area contributed by atoms with Gasteiger partial charge in [-0.25, -0.2) is 9.67 Å². The Morgan fingerprint density at radius 2 is 1.74 bits per heavy atom. The van der Waals surface area contributed by atoms with Gasteiger partial charge in [-0.2, -0.15) is 5.10 Å². The molecular weight excluding hydrogens is 500 g/mol. The van der Waals surface area contributed by atoms with Crippen LogP contribution in [0.5, 0.6) is 0 Å². The number of nitrogens with one attached hydrogen (secondary N) is 3. The van der Waals surface area contributed by atoms with E-state index in [9.17, 15) is 9.59 Å². The van der Waals surface area contributed by atoms with Crippen molar-refractivity contribution in [1.29, 1.82) is 0 Å². The third kappa shape index (κ3) is 8.58. The van der Waals surface area contributed by atoms with Crippen LogP contribution in [-0.4, -0.2) is 33.0 Å². The molecule has 3 aromatic rings. The van der Waals surface area contributed by atoms with Crippen molar-refractivity contribution >= 4 is 46.3 Å². The van der Waals surface area contributed by atoms with E-state index in [1.807, 2.05) is 48.9 Å². The molecule has 2 aromatic heterocycles. The van der Waals surface area contributed by atoms with E-state index >= 15 is 0 Å². The van der Waals surface area contributed by atoms with Gasteiger partial charge in [0.2, 0.25) is 0 Å². The Morgan fingerprint density at radius 3 is 2.50 bits per heavy atom. The van der Waals surface area contributed by atoms with Gasteiger partial charge < -0.3 is 16.0 Å². The number of hydrogen-bond acceptors (Lipinski definition) is 6. The number of unbranched alkanes of at least 4 members (excludes halogenated alkanes) is 4. The predicted molar refractivity (Wildman–Crippen MR) is 155 cm³/mol. The monoisotopic (exact) mass is 538 g/mol. The molecule has 2 heterocycles. The minimum Gasteiger partial charge on any atom is -0.354 e. The van der Waals surface area contributed by atoms with Crippen molar-refractivity contribution in [2.45, 2.75) is 78.7 Å². The number of nitrogens with zero attached hydrogens (tertiary/aromatic N) is 3. The van der Waals surface area contributed by atoms with Gasteiger partial charge in [-0.15, -0.1) is 0 Å². The topological polar surface area (TPSA) is 101 Å². The number of para-hydroxylation sites is 1. The van der Waals surface area contributed by atoms with Crippen molar-refractivity contribution in [1.82, 2.24) is 20.1 Å². The van der Waals surface area contributed by atoms with Gasteiger partial charge in [0.15, 0.2) is 0 Å². The summed E-state index contributed by atoms with van der Waals surface area (Å²) >= 11 is 6.46. The number of benzene rings is 1. The predicted octanol–water partition coefficient (Wildman–Crippen LogP) is 7.36. The SMILES string of the molecule is CCC(=O)CCCCCCCNC(=O)c1ccccc1Nc1cc(Nc2cc(C)nn2C(C)C)ncc1Cl. The number of pyridine rings is 1. The fourth-order valence-corrected chi connectivity index (χ4v) is 4.27. The molecule has 0 fully saturated rings. The number of amides is 1. The summed E-state index contributed by atoms with van der Waals surface area (Å²) in [7, 11) is 0. The molecule has 0 aliphatic heterocycles. The summed E-state index contributed by atoms with van der Waals surface area (Å²) < 4.78 is 1.91. The maximum absolute atomic E-state index is 12.9. The molecule has 1 amide bonds. The maximum Gasteiger partial charge on any atom is 0.253 e. The van der Waals surface area contributed by atoms with Gasteiger partial charge in [0.25, 0.3) is 5.91 Å². The zero-order valence-corrected chi connectivity index (χ0v) is 23.6. The van der Waals surface area contributed by atoms with E-state index in [1.54, 1.807) is 12.3 Å². The Balaban J connectivity index is 1.58. The highest BCUT2D eigenvalue weighted by Crippen LogP contribution is 2.30. The molecule has 9 heteroatoms. The second-order valence-corrected chi connectivity index (χ2v) is 10.1. The fraction of sp³-hybridized carbons (Fsp3) is 0.448. The molecular formula is C29H39ClN6O2. The van der Waals surface area contributed by atoms with Gasteiger partial charge in [0, 0.05) is 37.6 Å². The van der Waals surface area contributed by atoms with Gasteiger partial charge in [-0.3, -0.25) is 9.59 Å². The Hall–Kier alpha value is -3.39. The van der Waals surface area contributed by atoms with Gasteiger partial charge in [-0.1, -0.05) is 49.9 Å². The average molecular weight is 539 g/mol. The van der Waals surface area contributed by atoms with Crippen LogP contribution in [0.25, 0.3) is 0 Å². The number of hydrogen-bond donors (Lipinski definition) is 3. The van der Waals surface area contributed by atoms with Crippen LogP contribution in [0, 0.1) is 6.92 Å². The first kappa shape index (κ1) is 29.2. The van der Waals surface area contributed by atoms with E-state index in [0.29, 0.717) is 52.9 Å². The Bertz CT molecular complexity index is 1220. The highest BCUT2D eigenvalue weighted by Gasteiger charge is 2.14. The molecule has 0 unspecified atom stereocenters. The zero-order chi connectivity index (χ0) is 27.5. The van der Waals surface area contributed by atoms with Crippen LogP contribution in [0.4, 0.5) is 23.0 Å². The molecule has 0 bridgehead atoms. The number of aryl methyl sites for hydroxylation is 1. The van der Waals surface area contributed by atoms with Gasteiger partial charge in [0.1, 0.15) is 17.4 Å². The van der Waals surface area contributed by atoms with E-state index in [2.05, 4.69) is 39.9 Å². The van der Waals surface area contributed by atoms with Crippen LogP contribution in [0.3, 0.4) is 0 Å². The molecule has 0 spiro atoms. The number of rotatable bonds is 15. The van der Waals surface area contributed by atoms with Crippen molar-refractivity contribution in [2.24, 2.45) is 0 Å². The van der Waals surface area contributed by atoms with Crippen LogP contribution in [0.15, 0.2) is 42.6 Å². The first-order valence-corrected chi connectivity index (χ1v) is 13.8. The lowest BCUT2D eigenvalue weighted by atomic mass is 10.1. The highest BCUT2D eigenvalue weighted by molar-refractivity contribution is 6.33. The zero-order valence-electron chi connectivity index (χ0n) is 22.8. The molecule has 1 aromatic carbocycles. The average Bonchev–Trinajstić information content (AvgIpc) is 3.27. The van der Waals surface area contributed by atoms with E-state index in [0.717, 1.165) is 43.6 Å². The first-order chi connectivity index (χ1) is 18.3. The number of Topliss-reactive ketones (excluding diaryl/α,β-unsaturated/α-hetero) is 1. The lowest BCUT2D eigenvalue weighted by Gasteiger charge is -2.15. The minimum atomic E-state index is -0.138. The number of carbonyl (C=O) groups is 2. The molecule has 38 heavy (non-hydrogen) atoms. The molecule has 0 aliphatic carbocycles. The summed E-state index contributed by atoms with van der Waals surface area (Å²) in [5.41, 5.74) is 2.75. The molecule has 3 N–H and O–H groups in total. The van der Waals surface area contributed by atoms with Crippen molar-refractivity contribution in [3.8, 4) is 0 Å². The van der Waals surface area contributed by atoms with Crippen LogP contribution in [0.1, 0.15) is 87.8 Å². The van der Waals surface area contributed by atoms with E-state index < -0.39 is 0 Å². The van der Waals surface area contributed by atoms with Crippen LogP contribution >= 0.6 is 11.6 Å². The Labute approximate surface area is 230 Å². The number of anilines is 4. The summed E-state index contributed by atoms with van der Waals surface area (Å²) in [5.74, 6) is 1.65. The number of carbonyl (C=O) groups excluding carboxylic acids is 2. The standard InChI is InChI=1S/C29H39ClN6O2/c1-5-22(37)13-9-7-6-8-12-16-31-29(38)23-14-10-11-15-25(23)33-26-18-27(32-19-24(26)30)34-28-17-21(4)35-36(28)20(2)3/h10-11,14-15,17-20H,5-9,12-13,16H2,1-4H3,(H,31,38)(H2,32,33,34). The summed E-state index contributed by atoms with van der Waals surface area (Å²) in [6, 6.07) is 11.3. The largest absolute Gasteiger partial charge is 0.354 e. The molecule has 8 nitrogen and oxygen atoms in total. The third-order valence-electron chi connectivity index (χ3n) is 6.21. The van der Waals surface area contributed by atoms with E-state index in [1.165, 1.54) is 0 Å². The Kier molecular flexibility index (Phi) is 11.1. The first-order valence-electron chi connectivity index (χ1n) is 13.4. The fourth-order valence-electron chi connectivity index (χ4n) is 4.12. The minimum absolute atomic E-state index is 0.138. The molecule has 3 rings (SSSR count). The van der Waals surface area contributed by atoms with Crippen molar-refractivity contribution < 1.29 is 9.59 Å². The van der Waals surface area contributed by atoms with Crippen LogP contribution in [-0.2, 0) is 4.79 Å². The highest BCUT2D eigenvalue weighted by atomic mass is 35.5. The molecule has 0 aliphatic rings. The van der Waals surface area contributed by atoms with Gasteiger partial charge in [-0.05, 0) is 45.7 Å². The van der Waals surface area contributed by atoms with Crippen LogP contribution < -0.4 is 16.0 Å². The second kappa shape index (κ2) is 14.5. The van der Waals surface area contributed by atoms with Crippen molar-refractivity contribution in [2.75, 3.05) is 17.2 Å². The quantitative estimate of drug-likeness (QED) is 0.175. The van der Waals surface area contributed by atoms with Gasteiger partial charge in [0.05, 0.1) is 33.9 Å². The number of ketones is 1. The second-order valence-electron chi connectivity index (χ2n) is 9.72. The lowest BCUT2D eigenvalue weighted by molar-refractivity contribution is -0.118. The van der Waals surface area contributed by atoms with Gasteiger partial charge >= 0.3 is 0 Å². The lowest BCUT2D eigenvalue weighted by Crippen LogP contribution is -2.25. The number of halogens is 1. The third-order valence-corrected chi connectivity index (χ3v) is 6.51. The maximum atomic E-state index is 12.9. The van der Waals surface area contributed by atoms with E-state index in [-0.39, 0.29) is 11.9 Å². The summed E-state index contributed by atoms with van der Waals surface area (Å²) in [5, 5.41) is 14.6.